The highest BCUT2D eigenvalue weighted by Gasteiger charge is 2.32. The molecule has 0 N–H and O–H groups in total. The molecule has 2 aromatic rings. The average Bonchev–Trinajstić information content (AvgIpc) is 2.63. The third-order valence-corrected chi connectivity index (χ3v) is 5.33. The summed E-state index contributed by atoms with van der Waals surface area (Å²) in [5.74, 6) is 0.253. The van der Waals surface area contributed by atoms with Crippen LogP contribution in [-0.2, 0) is 10.2 Å². The normalized spacial score (nSPS) is 19.0. The van der Waals surface area contributed by atoms with Crippen LogP contribution in [0.3, 0.4) is 0 Å². The highest BCUT2D eigenvalue weighted by atomic mass is 16.2. The van der Waals surface area contributed by atoms with Gasteiger partial charge in [0.25, 0.3) is 0 Å². The molecule has 3 nitrogen and oxygen atoms in total. The summed E-state index contributed by atoms with van der Waals surface area (Å²) < 4.78 is 0. The molecule has 25 heavy (non-hydrogen) atoms. The SMILES string of the molecule is CN1CCN(C(=O)CC(C)(C)c2ccccc2)CC1c1ccccc1. The summed E-state index contributed by atoms with van der Waals surface area (Å²) >= 11 is 0. The zero-order chi connectivity index (χ0) is 17.9. The minimum absolute atomic E-state index is 0.149. The number of likely N-dealkylation sites (N-methyl/N-ethyl adjacent to an activating group) is 1. The van der Waals surface area contributed by atoms with Crippen molar-refractivity contribution >= 4 is 5.91 Å². The van der Waals surface area contributed by atoms with Crippen LogP contribution in [0.4, 0.5) is 0 Å². The molecule has 1 aliphatic rings. The number of amides is 1. The fraction of sp³-hybridized carbons (Fsp3) is 0.409. The molecule has 2 aromatic carbocycles. The van der Waals surface area contributed by atoms with Crippen LogP contribution in [0.15, 0.2) is 60.7 Å². The monoisotopic (exact) mass is 336 g/mol. The molecule has 1 heterocycles. The van der Waals surface area contributed by atoms with Gasteiger partial charge in [0.05, 0.1) is 6.04 Å². The summed E-state index contributed by atoms with van der Waals surface area (Å²) in [7, 11) is 2.15. The zero-order valence-corrected chi connectivity index (χ0v) is 15.5. The molecule has 0 saturated carbocycles. The molecule has 1 unspecified atom stereocenters. The molecule has 132 valence electrons. The molecule has 1 amide bonds. The molecule has 1 fully saturated rings. The van der Waals surface area contributed by atoms with Gasteiger partial charge in [-0.2, -0.15) is 0 Å². The first kappa shape index (κ1) is 17.7. The Morgan fingerprint density at radius 2 is 1.60 bits per heavy atom. The Bertz CT molecular complexity index is 696. The minimum atomic E-state index is -0.149. The van der Waals surface area contributed by atoms with Gasteiger partial charge in [-0.3, -0.25) is 9.69 Å². The van der Waals surface area contributed by atoms with Crippen LogP contribution in [0.5, 0.6) is 0 Å². The quantitative estimate of drug-likeness (QED) is 0.846. The highest BCUT2D eigenvalue weighted by molar-refractivity contribution is 5.78. The molecule has 3 heteroatoms. The van der Waals surface area contributed by atoms with Crippen LogP contribution >= 0.6 is 0 Å². The molecule has 0 spiro atoms. The maximum Gasteiger partial charge on any atom is 0.223 e. The van der Waals surface area contributed by atoms with E-state index in [0.29, 0.717) is 6.42 Å². The number of nitrogens with zero attached hydrogens (tertiary/aromatic N) is 2. The smallest absolute Gasteiger partial charge is 0.223 e. The number of piperazine rings is 1. The van der Waals surface area contributed by atoms with E-state index in [1.165, 1.54) is 11.1 Å². The van der Waals surface area contributed by atoms with Crippen molar-refractivity contribution < 1.29 is 4.79 Å². The Labute approximate surface area is 151 Å². The van der Waals surface area contributed by atoms with Crippen LogP contribution in [-0.4, -0.2) is 42.4 Å². The van der Waals surface area contributed by atoms with Gasteiger partial charge in [-0.1, -0.05) is 74.5 Å². The van der Waals surface area contributed by atoms with Crippen LogP contribution in [0.2, 0.25) is 0 Å². The largest absolute Gasteiger partial charge is 0.339 e. The van der Waals surface area contributed by atoms with Gasteiger partial charge in [0.1, 0.15) is 0 Å². The van der Waals surface area contributed by atoms with E-state index in [1.807, 2.05) is 29.2 Å². The van der Waals surface area contributed by atoms with E-state index in [-0.39, 0.29) is 17.4 Å². The van der Waals surface area contributed by atoms with E-state index in [4.69, 9.17) is 0 Å². The van der Waals surface area contributed by atoms with Crippen molar-refractivity contribution in [1.82, 2.24) is 9.80 Å². The molecule has 0 radical (unpaired) electrons. The van der Waals surface area contributed by atoms with Gasteiger partial charge in [0, 0.05) is 26.1 Å². The Hall–Kier alpha value is -2.13. The van der Waals surface area contributed by atoms with Gasteiger partial charge in [0.2, 0.25) is 5.91 Å². The first-order valence-electron chi connectivity index (χ1n) is 9.06. The van der Waals surface area contributed by atoms with E-state index in [9.17, 15) is 4.79 Å². The Kier molecular flexibility index (Phi) is 5.24. The minimum Gasteiger partial charge on any atom is -0.339 e. The first-order valence-corrected chi connectivity index (χ1v) is 9.06. The van der Waals surface area contributed by atoms with E-state index in [1.54, 1.807) is 0 Å². The van der Waals surface area contributed by atoms with Crippen molar-refractivity contribution in [1.29, 1.82) is 0 Å². The molecule has 1 atom stereocenters. The van der Waals surface area contributed by atoms with Crippen LogP contribution in [0.1, 0.15) is 37.4 Å². The van der Waals surface area contributed by atoms with Crippen LogP contribution in [0.25, 0.3) is 0 Å². The number of benzene rings is 2. The van der Waals surface area contributed by atoms with Gasteiger partial charge < -0.3 is 4.90 Å². The predicted molar refractivity (Wildman–Crippen MR) is 102 cm³/mol. The lowest BCUT2D eigenvalue weighted by molar-refractivity contribution is -0.135. The fourth-order valence-electron chi connectivity index (χ4n) is 3.62. The second kappa shape index (κ2) is 7.40. The maximum atomic E-state index is 13.0. The average molecular weight is 336 g/mol. The Morgan fingerprint density at radius 3 is 2.24 bits per heavy atom. The van der Waals surface area contributed by atoms with Crippen LogP contribution < -0.4 is 0 Å². The standard InChI is InChI=1S/C22H28N2O/c1-22(2,19-12-8-5-9-13-19)16-21(25)24-15-14-23(3)20(17-24)18-10-6-4-7-11-18/h4-13,20H,14-17H2,1-3H3. The van der Waals surface area contributed by atoms with Crippen molar-refractivity contribution in [2.45, 2.75) is 31.7 Å². The van der Waals surface area contributed by atoms with Crippen molar-refractivity contribution in [3.05, 3.63) is 71.8 Å². The van der Waals surface area contributed by atoms with Gasteiger partial charge in [0.15, 0.2) is 0 Å². The molecular formula is C22H28N2O. The Balaban J connectivity index is 1.70. The van der Waals surface area contributed by atoms with Crippen molar-refractivity contribution in [3.63, 3.8) is 0 Å². The third-order valence-electron chi connectivity index (χ3n) is 5.33. The number of carbonyl (C=O) groups excluding carboxylic acids is 1. The summed E-state index contributed by atoms with van der Waals surface area (Å²) in [6.45, 7) is 6.81. The van der Waals surface area contributed by atoms with Gasteiger partial charge in [-0.25, -0.2) is 0 Å². The molecule has 1 saturated heterocycles. The number of carbonyl (C=O) groups is 1. The molecule has 3 rings (SSSR count). The molecular weight excluding hydrogens is 308 g/mol. The summed E-state index contributed by atoms with van der Waals surface area (Å²) in [5.41, 5.74) is 2.35. The Morgan fingerprint density at radius 1 is 1.00 bits per heavy atom. The summed E-state index contributed by atoms with van der Waals surface area (Å²) in [6, 6.07) is 21.1. The zero-order valence-electron chi connectivity index (χ0n) is 15.5. The molecule has 0 bridgehead atoms. The van der Waals surface area contributed by atoms with E-state index in [2.05, 4.69) is 62.2 Å². The van der Waals surface area contributed by atoms with Gasteiger partial charge >= 0.3 is 0 Å². The lowest BCUT2D eigenvalue weighted by atomic mass is 9.81. The summed E-state index contributed by atoms with van der Waals surface area (Å²) in [4.78, 5) is 17.4. The molecule has 0 aliphatic carbocycles. The lowest BCUT2D eigenvalue weighted by Gasteiger charge is -2.40. The van der Waals surface area contributed by atoms with E-state index >= 15 is 0 Å². The van der Waals surface area contributed by atoms with Crippen molar-refractivity contribution in [2.75, 3.05) is 26.7 Å². The maximum absolute atomic E-state index is 13.0. The number of rotatable bonds is 4. The second-order valence-electron chi connectivity index (χ2n) is 7.67. The number of hydrogen-bond donors (Lipinski definition) is 0. The topological polar surface area (TPSA) is 23.6 Å². The van der Waals surface area contributed by atoms with Crippen molar-refractivity contribution in [3.8, 4) is 0 Å². The number of hydrogen-bond acceptors (Lipinski definition) is 2. The van der Waals surface area contributed by atoms with Crippen molar-refractivity contribution in [2.24, 2.45) is 0 Å². The summed E-state index contributed by atoms with van der Waals surface area (Å²) in [6.07, 6.45) is 0.544. The third kappa shape index (κ3) is 4.10. The fourth-order valence-corrected chi connectivity index (χ4v) is 3.62. The molecule has 1 aliphatic heterocycles. The highest BCUT2D eigenvalue weighted by Crippen LogP contribution is 2.29. The molecule has 0 aromatic heterocycles. The summed E-state index contributed by atoms with van der Waals surface area (Å²) in [5, 5.41) is 0. The van der Waals surface area contributed by atoms with E-state index in [0.717, 1.165) is 19.6 Å². The lowest BCUT2D eigenvalue weighted by Crippen LogP contribution is -2.49. The van der Waals surface area contributed by atoms with E-state index < -0.39 is 0 Å². The predicted octanol–water partition coefficient (Wildman–Crippen LogP) is 3.87. The van der Waals surface area contributed by atoms with Crippen LogP contribution in [0, 0.1) is 0 Å². The van der Waals surface area contributed by atoms with Gasteiger partial charge in [-0.05, 0) is 23.6 Å². The second-order valence-corrected chi connectivity index (χ2v) is 7.67. The van der Waals surface area contributed by atoms with Gasteiger partial charge in [-0.15, -0.1) is 0 Å². The first-order chi connectivity index (χ1) is 12.0.